The van der Waals surface area contributed by atoms with Crippen molar-refractivity contribution < 1.29 is 0 Å². The molecule has 0 saturated heterocycles. The lowest BCUT2D eigenvalue weighted by Gasteiger charge is -2.28. The summed E-state index contributed by atoms with van der Waals surface area (Å²) in [5, 5.41) is 2.99. The van der Waals surface area contributed by atoms with Gasteiger partial charge >= 0.3 is 0 Å². The van der Waals surface area contributed by atoms with Crippen LogP contribution >= 0.6 is 0 Å². The molecule has 0 radical (unpaired) electrons. The van der Waals surface area contributed by atoms with E-state index >= 15 is 0 Å². The van der Waals surface area contributed by atoms with Gasteiger partial charge in [-0.15, -0.1) is 0 Å². The number of nitrogens with zero attached hydrogens (tertiary/aromatic N) is 3. The summed E-state index contributed by atoms with van der Waals surface area (Å²) in [6, 6.07) is 10.6. The van der Waals surface area contributed by atoms with Crippen molar-refractivity contribution in [2.24, 2.45) is 0 Å². The third kappa shape index (κ3) is 2.74. The number of rotatable bonds is 3. The van der Waals surface area contributed by atoms with E-state index in [9.17, 15) is 0 Å². The largest absolute Gasteiger partial charge is 0.357 e. The van der Waals surface area contributed by atoms with Gasteiger partial charge < -0.3 is 5.32 Å². The molecular weight excluding hydrogens is 236 g/mol. The Kier molecular flexibility index (Phi) is 3.42. The Labute approximate surface area is 113 Å². The minimum Gasteiger partial charge on any atom is -0.357 e. The maximum Gasteiger partial charge on any atom is 0.222 e. The van der Waals surface area contributed by atoms with Crippen LogP contribution in [0.4, 0.5) is 5.95 Å². The quantitative estimate of drug-likeness (QED) is 0.910. The molecule has 0 unspecified atom stereocenters. The van der Waals surface area contributed by atoms with E-state index in [0.29, 0.717) is 0 Å². The van der Waals surface area contributed by atoms with Gasteiger partial charge in [-0.3, -0.25) is 4.90 Å². The Morgan fingerprint density at radius 2 is 2.11 bits per heavy atom. The van der Waals surface area contributed by atoms with Crippen LogP contribution in [0.5, 0.6) is 0 Å². The van der Waals surface area contributed by atoms with Crippen molar-refractivity contribution in [3.63, 3.8) is 0 Å². The number of benzene rings is 1. The van der Waals surface area contributed by atoms with Crippen molar-refractivity contribution in [3.05, 3.63) is 53.3 Å². The van der Waals surface area contributed by atoms with Gasteiger partial charge in [0.1, 0.15) is 0 Å². The number of anilines is 1. The van der Waals surface area contributed by atoms with E-state index in [-0.39, 0.29) is 0 Å². The van der Waals surface area contributed by atoms with Gasteiger partial charge in [0.25, 0.3) is 0 Å². The second-order valence-electron chi connectivity index (χ2n) is 4.86. The molecule has 1 N–H and O–H groups in total. The highest BCUT2D eigenvalue weighted by atomic mass is 15.1. The van der Waals surface area contributed by atoms with Gasteiger partial charge in [0.15, 0.2) is 0 Å². The van der Waals surface area contributed by atoms with Crippen molar-refractivity contribution in [2.45, 2.75) is 19.5 Å². The van der Waals surface area contributed by atoms with Gasteiger partial charge in [-0.1, -0.05) is 30.3 Å². The maximum atomic E-state index is 4.52. The molecule has 1 aromatic carbocycles. The predicted octanol–water partition coefficient (Wildman–Crippen LogP) is 2.08. The fraction of sp³-hybridized carbons (Fsp3) is 0.333. The summed E-state index contributed by atoms with van der Waals surface area (Å²) in [6.07, 6.45) is 2.95. The van der Waals surface area contributed by atoms with Crippen LogP contribution in [0.3, 0.4) is 0 Å². The average molecular weight is 254 g/mol. The summed E-state index contributed by atoms with van der Waals surface area (Å²) < 4.78 is 0. The molecule has 2 aromatic rings. The predicted molar refractivity (Wildman–Crippen MR) is 75.8 cm³/mol. The molecule has 0 amide bonds. The second-order valence-corrected chi connectivity index (χ2v) is 4.86. The van der Waals surface area contributed by atoms with Gasteiger partial charge in [-0.25, -0.2) is 9.97 Å². The third-order valence-corrected chi connectivity index (χ3v) is 3.49. The SMILES string of the molecule is CNc1ncc2c(n1)CCN(Cc1ccccc1)C2. The van der Waals surface area contributed by atoms with Crippen LogP contribution in [-0.2, 0) is 19.5 Å². The Morgan fingerprint density at radius 3 is 2.89 bits per heavy atom. The fourth-order valence-electron chi connectivity index (χ4n) is 2.47. The molecule has 0 aliphatic carbocycles. The first-order chi connectivity index (χ1) is 9.35. The third-order valence-electron chi connectivity index (χ3n) is 3.49. The molecule has 0 spiro atoms. The second kappa shape index (κ2) is 5.36. The van der Waals surface area contributed by atoms with Gasteiger partial charge in [0.2, 0.25) is 5.95 Å². The highest BCUT2D eigenvalue weighted by Crippen LogP contribution is 2.19. The van der Waals surface area contributed by atoms with Gasteiger partial charge in [-0.05, 0) is 5.56 Å². The summed E-state index contributed by atoms with van der Waals surface area (Å²) >= 11 is 0. The first kappa shape index (κ1) is 12.1. The smallest absolute Gasteiger partial charge is 0.222 e. The highest BCUT2D eigenvalue weighted by molar-refractivity contribution is 5.30. The Morgan fingerprint density at radius 1 is 1.26 bits per heavy atom. The van der Waals surface area contributed by atoms with Crippen LogP contribution in [0.2, 0.25) is 0 Å². The van der Waals surface area contributed by atoms with E-state index in [1.54, 1.807) is 0 Å². The summed E-state index contributed by atoms with van der Waals surface area (Å²) in [7, 11) is 1.85. The average Bonchev–Trinajstić information content (AvgIpc) is 2.48. The minimum atomic E-state index is 0.718. The number of hydrogen-bond donors (Lipinski definition) is 1. The lowest BCUT2D eigenvalue weighted by molar-refractivity contribution is 0.243. The normalized spacial score (nSPS) is 15.0. The summed E-state index contributed by atoms with van der Waals surface area (Å²) in [4.78, 5) is 11.3. The van der Waals surface area contributed by atoms with Crippen molar-refractivity contribution in [3.8, 4) is 0 Å². The van der Waals surface area contributed by atoms with Crippen molar-refractivity contribution >= 4 is 5.95 Å². The molecule has 1 aliphatic rings. The van der Waals surface area contributed by atoms with E-state index in [1.807, 2.05) is 13.2 Å². The zero-order valence-electron chi connectivity index (χ0n) is 11.1. The molecule has 0 fully saturated rings. The molecule has 19 heavy (non-hydrogen) atoms. The maximum absolute atomic E-state index is 4.52. The molecule has 0 saturated carbocycles. The number of fused-ring (bicyclic) bond motifs is 1. The van der Waals surface area contributed by atoms with Crippen molar-refractivity contribution in [2.75, 3.05) is 18.9 Å². The fourth-order valence-corrected chi connectivity index (χ4v) is 2.47. The van der Waals surface area contributed by atoms with Crippen LogP contribution in [-0.4, -0.2) is 28.5 Å². The van der Waals surface area contributed by atoms with Gasteiger partial charge in [0, 0.05) is 44.9 Å². The lowest BCUT2D eigenvalue weighted by Crippen LogP contribution is -2.31. The van der Waals surface area contributed by atoms with Crippen molar-refractivity contribution in [1.29, 1.82) is 0 Å². The zero-order valence-corrected chi connectivity index (χ0v) is 11.1. The van der Waals surface area contributed by atoms with Crippen LogP contribution in [0.15, 0.2) is 36.5 Å². The topological polar surface area (TPSA) is 41.1 Å². The Hall–Kier alpha value is -1.94. The van der Waals surface area contributed by atoms with Crippen LogP contribution in [0, 0.1) is 0 Å². The standard InChI is InChI=1S/C15H18N4/c1-16-15-17-9-13-11-19(8-7-14(13)18-15)10-12-5-3-2-4-6-12/h2-6,9H,7-8,10-11H2,1H3,(H,16,17,18). The molecule has 0 bridgehead atoms. The van der Waals surface area contributed by atoms with Crippen molar-refractivity contribution in [1.82, 2.24) is 14.9 Å². The number of aromatic nitrogens is 2. The van der Waals surface area contributed by atoms with Gasteiger partial charge in [-0.2, -0.15) is 0 Å². The first-order valence-corrected chi connectivity index (χ1v) is 6.64. The van der Waals surface area contributed by atoms with E-state index in [0.717, 1.165) is 32.0 Å². The first-order valence-electron chi connectivity index (χ1n) is 6.64. The van der Waals surface area contributed by atoms with Crippen LogP contribution < -0.4 is 5.32 Å². The molecular formula is C15H18N4. The number of hydrogen-bond acceptors (Lipinski definition) is 4. The van der Waals surface area contributed by atoms with E-state index < -0.39 is 0 Å². The summed E-state index contributed by atoms with van der Waals surface area (Å²) in [5.74, 6) is 0.718. The zero-order chi connectivity index (χ0) is 13.1. The van der Waals surface area contributed by atoms with Crippen LogP contribution in [0.25, 0.3) is 0 Å². The number of nitrogens with one attached hydrogen (secondary N) is 1. The van der Waals surface area contributed by atoms with Crippen LogP contribution in [0.1, 0.15) is 16.8 Å². The molecule has 4 heteroatoms. The monoisotopic (exact) mass is 254 g/mol. The molecule has 2 heterocycles. The van der Waals surface area contributed by atoms with Gasteiger partial charge in [0.05, 0.1) is 5.69 Å². The molecule has 0 atom stereocenters. The van der Waals surface area contributed by atoms with E-state index in [4.69, 9.17) is 0 Å². The lowest BCUT2D eigenvalue weighted by atomic mass is 10.1. The van der Waals surface area contributed by atoms with E-state index in [1.165, 1.54) is 16.8 Å². The highest BCUT2D eigenvalue weighted by Gasteiger charge is 2.18. The summed E-state index contributed by atoms with van der Waals surface area (Å²) in [6.45, 7) is 2.99. The molecule has 1 aliphatic heterocycles. The molecule has 1 aromatic heterocycles. The minimum absolute atomic E-state index is 0.718. The Bertz CT molecular complexity index is 553. The Balaban J connectivity index is 1.72. The molecule has 4 nitrogen and oxygen atoms in total. The molecule has 3 rings (SSSR count). The summed E-state index contributed by atoms with van der Waals surface area (Å²) in [5.41, 5.74) is 3.79. The van der Waals surface area contributed by atoms with E-state index in [2.05, 4.69) is 50.5 Å². The molecule has 98 valence electrons.